The van der Waals surface area contributed by atoms with Gasteiger partial charge in [-0.15, -0.1) is 35.3 Å². The zero-order valence-corrected chi connectivity index (χ0v) is 16.9. The van der Waals surface area contributed by atoms with Crippen LogP contribution in [0.15, 0.2) is 0 Å². The standard InChI is InChI=1S/C5H10O3.C5H10O2S.C5H10OS2.2CH4/c1-4-3-7-5(2-6)8-4;1-4-3-8-5(2-6)7-4;1-4-3-7-5(2-6)8-4;;/h3*4-6H,2-3H2,1H3;2*1H4/t4-,5+;4-,5-;4-,5+;;/m000../s1. The topological polar surface area (TPSA) is 88.4 Å². The van der Waals surface area contributed by atoms with Crippen LogP contribution in [0.2, 0.25) is 0 Å². The fourth-order valence-electron chi connectivity index (χ4n) is 2.03. The van der Waals surface area contributed by atoms with E-state index in [4.69, 9.17) is 29.5 Å². The van der Waals surface area contributed by atoms with Crippen molar-refractivity contribution in [3.63, 3.8) is 0 Å². The molecule has 6 atom stereocenters. The van der Waals surface area contributed by atoms with Crippen molar-refractivity contribution in [1.29, 1.82) is 0 Å². The molecule has 3 aliphatic rings. The molecule has 0 amide bonds. The van der Waals surface area contributed by atoms with E-state index < -0.39 is 0 Å². The summed E-state index contributed by atoms with van der Waals surface area (Å²) in [5, 5.41) is 26.4. The van der Waals surface area contributed by atoms with Crippen molar-refractivity contribution >= 4 is 35.3 Å². The van der Waals surface area contributed by atoms with Gasteiger partial charge in [-0.3, -0.25) is 0 Å². The Hall–Kier alpha value is 0.810. The lowest BCUT2D eigenvalue weighted by Gasteiger charge is -2.03. The van der Waals surface area contributed by atoms with Crippen LogP contribution in [-0.2, 0) is 14.2 Å². The molecule has 0 unspecified atom stereocenters. The van der Waals surface area contributed by atoms with Crippen LogP contribution in [0.5, 0.6) is 0 Å². The second kappa shape index (κ2) is 16.7. The summed E-state index contributed by atoms with van der Waals surface area (Å²) in [5.74, 6) is 2.22. The molecule has 0 aromatic carbocycles. The highest BCUT2D eigenvalue weighted by atomic mass is 32.2. The Kier molecular flexibility index (Phi) is 18.7. The summed E-state index contributed by atoms with van der Waals surface area (Å²) in [5.41, 5.74) is 0.0463. The minimum atomic E-state index is -0.370. The lowest BCUT2D eigenvalue weighted by Crippen LogP contribution is -2.13. The summed E-state index contributed by atoms with van der Waals surface area (Å²) in [6.07, 6.45) is 0.106. The maximum absolute atomic E-state index is 8.64. The van der Waals surface area contributed by atoms with E-state index in [1.165, 1.54) is 5.75 Å². The third-order valence-electron chi connectivity index (χ3n) is 3.15. The smallest absolute Gasteiger partial charge is 0.181 e. The molecular weight excluding hydrogens is 396 g/mol. The second-order valence-electron chi connectivity index (χ2n) is 5.68. The SMILES string of the molecule is C.C.C[C@H]1CO[C@@H](CO)O1.C[C@H]1CS[C@@H](CO)O1.C[C@H]1CS[C@@H](CO)S1. The minimum Gasteiger partial charge on any atom is -0.394 e. The molecule has 3 N–H and O–H groups in total. The van der Waals surface area contributed by atoms with Gasteiger partial charge in [0.2, 0.25) is 0 Å². The van der Waals surface area contributed by atoms with Crippen molar-refractivity contribution in [3.05, 3.63) is 0 Å². The van der Waals surface area contributed by atoms with E-state index >= 15 is 0 Å². The Bertz CT molecular complexity index is 279. The monoisotopic (exact) mass is 434 g/mol. The molecule has 6 nitrogen and oxygen atoms in total. The van der Waals surface area contributed by atoms with Crippen molar-refractivity contribution in [3.8, 4) is 0 Å². The van der Waals surface area contributed by atoms with Crippen LogP contribution in [0.4, 0.5) is 0 Å². The number of rotatable bonds is 3. The van der Waals surface area contributed by atoms with Gasteiger partial charge in [0.15, 0.2) is 6.29 Å². The van der Waals surface area contributed by atoms with Gasteiger partial charge in [0.1, 0.15) is 5.44 Å². The molecule has 3 saturated heterocycles. The first-order chi connectivity index (χ1) is 11.5. The molecule has 0 aromatic rings. The molecule has 9 heteroatoms. The van der Waals surface area contributed by atoms with Crippen LogP contribution < -0.4 is 0 Å². The van der Waals surface area contributed by atoms with E-state index in [0.29, 0.717) is 23.9 Å². The van der Waals surface area contributed by atoms with Gasteiger partial charge in [0.25, 0.3) is 0 Å². The predicted molar refractivity (Wildman–Crippen MR) is 115 cm³/mol. The quantitative estimate of drug-likeness (QED) is 0.620. The van der Waals surface area contributed by atoms with Gasteiger partial charge in [-0.05, 0) is 13.8 Å². The van der Waals surface area contributed by atoms with Gasteiger partial charge in [0, 0.05) is 16.8 Å². The van der Waals surface area contributed by atoms with E-state index in [9.17, 15) is 0 Å². The molecule has 160 valence electrons. The van der Waals surface area contributed by atoms with Crippen molar-refractivity contribution in [2.45, 2.75) is 69.4 Å². The third kappa shape index (κ3) is 12.3. The number of thioether (sulfide) groups is 3. The van der Waals surface area contributed by atoms with Crippen molar-refractivity contribution in [2.75, 3.05) is 37.9 Å². The zero-order chi connectivity index (χ0) is 17.9. The predicted octanol–water partition coefficient (Wildman–Crippen LogP) is 2.64. The van der Waals surface area contributed by atoms with Crippen LogP contribution in [0.3, 0.4) is 0 Å². The second-order valence-corrected chi connectivity index (χ2v) is 10.0. The molecule has 3 fully saturated rings. The van der Waals surface area contributed by atoms with Gasteiger partial charge in [-0.25, -0.2) is 0 Å². The van der Waals surface area contributed by atoms with E-state index in [0.717, 1.165) is 11.0 Å². The summed E-state index contributed by atoms with van der Waals surface area (Å²) in [7, 11) is 0. The van der Waals surface area contributed by atoms with Crippen molar-refractivity contribution in [2.24, 2.45) is 0 Å². The van der Waals surface area contributed by atoms with Crippen LogP contribution in [0, 0.1) is 0 Å². The molecule has 0 radical (unpaired) electrons. The molecular formula is C17H38O6S3. The molecule has 0 saturated carbocycles. The fourth-order valence-corrected chi connectivity index (χ4v) is 5.83. The van der Waals surface area contributed by atoms with Gasteiger partial charge in [-0.1, -0.05) is 21.8 Å². The van der Waals surface area contributed by atoms with Crippen LogP contribution in [0.25, 0.3) is 0 Å². The van der Waals surface area contributed by atoms with E-state index in [2.05, 4.69) is 6.92 Å². The maximum Gasteiger partial charge on any atom is 0.181 e. The summed E-state index contributed by atoms with van der Waals surface area (Å²) in [4.78, 5) is 0. The summed E-state index contributed by atoms with van der Waals surface area (Å²) in [6.45, 7) is 7.18. The van der Waals surface area contributed by atoms with Crippen molar-refractivity contribution in [1.82, 2.24) is 0 Å². The number of hydrogen-bond donors (Lipinski definition) is 3. The Labute approximate surface area is 172 Å². The van der Waals surface area contributed by atoms with Gasteiger partial charge in [-0.2, -0.15) is 0 Å². The summed E-state index contributed by atoms with van der Waals surface area (Å²) >= 11 is 5.42. The number of aliphatic hydroxyl groups is 3. The molecule has 3 heterocycles. The highest BCUT2D eigenvalue weighted by molar-refractivity contribution is 8.20. The Morgan fingerprint density at radius 1 is 0.846 bits per heavy atom. The first kappa shape index (κ1) is 29.0. The first-order valence-corrected chi connectivity index (χ1v) is 11.2. The molecule has 0 bridgehead atoms. The molecule has 3 rings (SSSR count). The van der Waals surface area contributed by atoms with Crippen molar-refractivity contribution < 1.29 is 29.5 Å². The summed E-state index contributed by atoms with van der Waals surface area (Å²) < 4.78 is 15.7. The van der Waals surface area contributed by atoms with Gasteiger partial charge < -0.3 is 29.5 Å². The van der Waals surface area contributed by atoms with E-state index in [1.807, 2.05) is 37.4 Å². The minimum absolute atomic E-state index is 0. The third-order valence-corrected chi connectivity index (χ3v) is 7.69. The number of hydrogen-bond acceptors (Lipinski definition) is 9. The first-order valence-electron chi connectivity index (χ1n) is 8.12. The molecule has 3 aliphatic heterocycles. The van der Waals surface area contributed by atoms with Gasteiger partial charge >= 0.3 is 0 Å². The lowest BCUT2D eigenvalue weighted by molar-refractivity contribution is -0.0853. The van der Waals surface area contributed by atoms with E-state index in [-0.39, 0.29) is 45.9 Å². The fraction of sp³-hybridized carbons (Fsp3) is 1.00. The highest BCUT2D eigenvalue weighted by Gasteiger charge is 2.22. The largest absolute Gasteiger partial charge is 0.394 e. The lowest BCUT2D eigenvalue weighted by atomic mass is 10.5. The zero-order valence-electron chi connectivity index (χ0n) is 14.5. The molecule has 0 aromatic heterocycles. The maximum atomic E-state index is 8.64. The average Bonchev–Trinajstić information content (AvgIpc) is 3.30. The van der Waals surface area contributed by atoms with Gasteiger partial charge in [0.05, 0.1) is 43.2 Å². The Morgan fingerprint density at radius 3 is 1.77 bits per heavy atom. The molecule has 0 aliphatic carbocycles. The summed E-state index contributed by atoms with van der Waals surface area (Å²) in [6, 6.07) is 0. The van der Waals surface area contributed by atoms with Crippen LogP contribution in [0.1, 0.15) is 35.6 Å². The number of ether oxygens (including phenoxy) is 3. The Balaban J connectivity index is 0. The number of aliphatic hydroxyl groups excluding tert-OH is 3. The normalized spacial score (nSPS) is 35.3. The Morgan fingerprint density at radius 2 is 1.54 bits per heavy atom. The molecule has 0 spiro atoms. The average molecular weight is 435 g/mol. The highest BCUT2D eigenvalue weighted by Crippen LogP contribution is 2.36. The van der Waals surface area contributed by atoms with Crippen LogP contribution in [-0.4, -0.2) is 87.0 Å². The van der Waals surface area contributed by atoms with Crippen LogP contribution >= 0.6 is 35.3 Å². The molecule has 26 heavy (non-hydrogen) atoms. The van der Waals surface area contributed by atoms with E-state index in [1.54, 1.807) is 11.8 Å².